The second-order valence-corrected chi connectivity index (χ2v) is 11.4. The van der Waals surface area contributed by atoms with Crippen LogP contribution in [0.1, 0.15) is 56.2 Å². The Hall–Kier alpha value is -2.58. The van der Waals surface area contributed by atoms with Crippen LogP contribution < -0.4 is 9.62 Å². The molecular weight excluding hydrogens is 498 g/mol. The molecule has 9 heteroatoms. The summed E-state index contributed by atoms with van der Waals surface area (Å²) >= 11 is 6.22. The number of carbonyl (C=O) groups excluding carboxylic acids is 2. The number of nitrogens with one attached hydrogen (secondary N) is 1. The fraction of sp³-hybridized carbons (Fsp3) is 0.481. The van der Waals surface area contributed by atoms with Gasteiger partial charge in [0.15, 0.2) is 0 Å². The van der Waals surface area contributed by atoms with Crippen LogP contribution in [0, 0.1) is 13.8 Å². The number of sulfonamides is 1. The summed E-state index contributed by atoms with van der Waals surface area (Å²) in [7, 11) is -3.59. The molecule has 0 unspecified atom stereocenters. The van der Waals surface area contributed by atoms with E-state index >= 15 is 0 Å². The average molecular weight is 536 g/mol. The van der Waals surface area contributed by atoms with Gasteiger partial charge in [0.1, 0.15) is 6.04 Å². The van der Waals surface area contributed by atoms with E-state index in [0.717, 1.165) is 23.8 Å². The molecule has 198 valence electrons. The Morgan fingerprint density at radius 1 is 1.08 bits per heavy atom. The average Bonchev–Trinajstić information content (AvgIpc) is 2.81. The van der Waals surface area contributed by atoms with Crippen LogP contribution in [0.25, 0.3) is 0 Å². The first-order chi connectivity index (χ1) is 17.0. The molecule has 0 saturated heterocycles. The van der Waals surface area contributed by atoms with Crippen LogP contribution in [-0.2, 0) is 26.2 Å². The van der Waals surface area contributed by atoms with Crippen LogP contribution in [0.5, 0.6) is 0 Å². The molecule has 2 aromatic rings. The Kier molecular flexibility index (Phi) is 11.2. The van der Waals surface area contributed by atoms with Crippen LogP contribution in [0.4, 0.5) is 5.69 Å². The van der Waals surface area contributed by atoms with E-state index in [1.54, 1.807) is 30.0 Å². The standard InChI is InChI=1S/C27H38ClN3O4S/c1-6-16-29-27(33)24(7-2)30(19-22-12-8-11-20(3)18-22)26(32)15-10-17-31(36(5,34)35)25-14-9-13-23(28)21(25)4/h8-9,11-14,18,24H,6-7,10,15-17,19H2,1-5H3,(H,29,33)/t24-/m0/s1. The van der Waals surface area contributed by atoms with Crippen LogP contribution in [0.2, 0.25) is 5.02 Å². The van der Waals surface area contributed by atoms with Gasteiger partial charge in [0, 0.05) is 31.1 Å². The third-order valence-corrected chi connectivity index (χ3v) is 7.62. The second kappa shape index (κ2) is 13.7. The molecule has 36 heavy (non-hydrogen) atoms. The highest BCUT2D eigenvalue weighted by Crippen LogP contribution is 2.28. The first-order valence-corrected chi connectivity index (χ1v) is 14.6. The van der Waals surface area contributed by atoms with Crippen molar-refractivity contribution in [3.8, 4) is 0 Å². The van der Waals surface area contributed by atoms with Crippen LogP contribution in [0.15, 0.2) is 42.5 Å². The van der Waals surface area contributed by atoms with Crippen molar-refractivity contribution in [1.82, 2.24) is 10.2 Å². The number of rotatable bonds is 13. The van der Waals surface area contributed by atoms with E-state index in [1.165, 1.54) is 4.31 Å². The number of carbonyl (C=O) groups is 2. The van der Waals surface area contributed by atoms with Crippen molar-refractivity contribution in [3.05, 3.63) is 64.2 Å². The Balaban J connectivity index is 2.24. The lowest BCUT2D eigenvalue weighted by Gasteiger charge is -2.31. The molecule has 1 atom stereocenters. The fourth-order valence-electron chi connectivity index (χ4n) is 4.14. The van der Waals surface area contributed by atoms with Gasteiger partial charge in [-0.25, -0.2) is 8.42 Å². The minimum atomic E-state index is -3.59. The highest BCUT2D eigenvalue weighted by Gasteiger charge is 2.29. The van der Waals surface area contributed by atoms with Crippen LogP contribution in [-0.4, -0.2) is 50.5 Å². The van der Waals surface area contributed by atoms with Crippen molar-refractivity contribution in [2.24, 2.45) is 0 Å². The predicted octanol–water partition coefficient (Wildman–Crippen LogP) is 4.84. The Morgan fingerprint density at radius 2 is 1.78 bits per heavy atom. The van der Waals surface area contributed by atoms with Gasteiger partial charge in [-0.05, 0) is 56.4 Å². The fourth-order valence-corrected chi connectivity index (χ4v) is 5.33. The van der Waals surface area contributed by atoms with Crippen molar-refractivity contribution in [3.63, 3.8) is 0 Å². The summed E-state index contributed by atoms with van der Waals surface area (Å²) < 4.78 is 26.4. The largest absolute Gasteiger partial charge is 0.354 e. The summed E-state index contributed by atoms with van der Waals surface area (Å²) in [4.78, 5) is 28.0. The molecule has 0 spiro atoms. The summed E-state index contributed by atoms with van der Waals surface area (Å²) in [5.74, 6) is -0.362. The zero-order valence-corrected chi connectivity index (χ0v) is 23.5. The summed E-state index contributed by atoms with van der Waals surface area (Å²) in [5.41, 5.74) is 3.18. The Labute approximate surface area is 220 Å². The van der Waals surface area contributed by atoms with Gasteiger partial charge in [0.25, 0.3) is 0 Å². The lowest BCUT2D eigenvalue weighted by atomic mass is 10.1. The van der Waals surface area contributed by atoms with E-state index in [0.29, 0.717) is 42.2 Å². The summed E-state index contributed by atoms with van der Waals surface area (Å²) in [6.07, 6.45) is 2.83. The van der Waals surface area contributed by atoms with Gasteiger partial charge >= 0.3 is 0 Å². The molecule has 0 bridgehead atoms. The molecule has 2 aromatic carbocycles. The minimum Gasteiger partial charge on any atom is -0.354 e. The number of amides is 2. The molecule has 0 aromatic heterocycles. The first kappa shape index (κ1) is 29.6. The number of aryl methyl sites for hydroxylation is 1. The maximum Gasteiger partial charge on any atom is 0.242 e. The number of nitrogens with zero attached hydrogens (tertiary/aromatic N) is 2. The van der Waals surface area contributed by atoms with E-state index < -0.39 is 16.1 Å². The normalized spacial score (nSPS) is 12.2. The second-order valence-electron chi connectivity index (χ2n) is 9.05. The number of anilines is 1. The molecule has 0 aliphatic carbocycles. The topological polar surface area (TPSA) is 86.8 Å². The van der Waals surface area contributed by atoms with Gasteiger partial charge in [-0.3, -0.25) is 13.9 Å². The molecule has 2 rings (SSSR count). The Bertz CT molecular complexity index is 1150. The van der Waals surface area contributed by atoms with Crippen LogP contribution >= 0.6 is 11.6 Å². The smallest absolute Gasteiger partial charge is 0.242 e. The maximum absolute atomic E-state index is 13.5. The van der Waals surface area contributed by atoms with Gasteiger partial charge < -0.3 is 10.2 Å². The number of benzene rings is 2. The minimum absolute atomic E-state index is 0.106. The van der Waals surface area contributed by atoms with Gasteiger partial charge in [0.05, 0.1) is 11.9 Å². The van der Waals surface area contributed by atoms with Crippen molar-refractivity contribution >= 4 is 39.1 Å². The molecular formula is C27H38ClN3O4S. The number of hydrogen-bond donors (Lipinski definition) is 1. The number of hydrogen-bond acceptors (Lipinski definition) is 4. The molecule has 1 N–H and O–H groups in total. The van der Waals surface area contributed by atoms with Crippen molar-refractivity contribution in [2.45, 2.75) is 66.0 Å². The number of halogens is 1. The molecule has 2 amide bonds. The van der Waals surface area contributed by atoms with Gasteiger partial charge in [-0.2, -0.15) is 0 Å². The van der Waals surface area contributed by atoms with E-state index in [9.17, 15) is 18.0 Å². The predicted molar refractivity (Wildman–Crippen MR) is 147 cm³/mol. The van der Waals surface area contributed by atoms with E-state index in [-0.39, 0.29) is 24.8 Å². The quantitative estimate of drug-likeness (QED) is 0.398. The van der Waals surface area contributed by atoms with E-state index in [4.69, 9.17) is 11.6 Å². The lowest BCUT2D eigenvalue weighted by molar-refractivity contribution is -0.141. The third kappa shape index (κ3) is 8.23. The maximum atomic E-state index is 13.5. The van der Waals surface area contributed by atoms with E-state index in [2.05, 4.69) is 5.32 Å². The molecule has 0 radical (unpaired) electrons. The van der Waals surface area contributed by atoms with E-state index in [1.807, 2.05) is 45.0 Å². The van der Waals surface area contributed by atoms with Crippen LogP contribution in [0.3, 0.4) is 0 Å². The highest BCUT2D eigenvalue weighted by molar-refractivity contribution is 7.92. The van der Waals surface area contributed by atoms with Crippen molar-refractivity contribution < 1.29 is 18.0 Å². The SMILES string of the molecule is CCCNC(=O)[C@H](CC)N(Cc1cccc(C)c1)C(=O)CCCN(c1cccc(Cl)c1C)S(C)(=O)=O. The highest BCUT2D eigenvalue weighted by atomic mass is 35.5. The van der Waals surface area contributed by atoms with Gasteiger partial charge in [-0.1, -0.05) is 61.3 Å². The van der Waals surface area contributed by atoms with Crippen molar-refractivity contribution in [1.29, 1.82) is 0 Å². The monoisotopic (exact) mass is 535 g/mol. The molecule has 0 saturated carbocycles. The first-order valence-electron chi connectivity index (χ1n) is 12.3. The third-order valence-electron chi connectivity index (χ3n) is 6.03. The van der Waals surface area contributed by atoms with Crippen molar-refractivity contribution in [2.75, 3.05) is 23.7 Å². The lowest BCUT2D eigenvalue weighted by Crippen LogP contribution is -2.49. The summed E-state index contributed by atoms with van der Waals surface area (Å²) in [6.45, 7) is 8.60. The molecule has 0 aliphatic heterocycles. The molecule has 0 heterocycles. The van der Waals surface area contributed by atoms with Gasteiger partial charge in [0.2, 0.25) is 21.8 Å². The molecule has 0 aliphatic rings. The molecule has 7 nitrogen and oxygen atoms in total. The van der Waals surface area contributed by atoms with Gasteiger partial charge in [-0.15, -0.1) is 0 Å². The Morgan fingerprint density at radius 3 is 2.39 bits per heavy atom. The summed E-state index contributed by atoms with van der Waals surface area (Å²) in [6, 6.07) is 12.4. The zero-order chi connectivity index (χ0) is 26.9. The summed E-state index contributed by atoms with van der Waals surface area (Å²) in [5, 5.41) is 3.39. The molecule has 0 fully saturated rings. The zero-order valence-electron chi connectivity index (χ0n) is 21.9.